The molecule has 2 aromatic rings. The van der Waals surface area contributed by atoms with Crippen molar-refractivity contribution < 1.29 is 19.2 Å². The maximum absolute atomic E-state index is 12.6. The molecule has 0 unspecified atom stereocenters. The molecule has 2 amide bonds. The summed E-state index contributed by atoms with van der Waals surface area (Å²) in [5.74, 6) is -0.771. The van der Waals surface area contributed by atoms with Crippen LogP contribution in [0.25, 0.3) is 0 Å². The average molecular weight is 384 g/mol. The summed E-state index contributed by atoms with van der Waals surface area (Å²) in [6, 6.07) is 10.8. The van der Waals surface area contributed by atoms with Crippen LogP contribution < -0.4 is 15.5 Å². The number of anilines is 2. The molecule has 2 aromatic carbocycles. The molecular formula is C19H20N4O5. The molecule has 1 heterocycles. The molecule has 0 aromatic heterocycles. The Balaban J connectivity index is 1.83. The number of nitrogens with zero attached hydrogens (tertiary/aromatic N) is 2. The summed E-state index contributed by atoms with van der Waals surface area (Å²) in [7, 11) is 1.52. The summed E-state index contributed by atoms with van der Waals surface area (Å²) in [5.41, 5.74) is 1.31. The molecule has 146 valence electrons. The Bertz CT molecular complexity index is 909. The van der Waals surface area contributed by atoms with Gasteiger partial charge in [-0.1, -0.05) is 6.07 Å². The summed E-state index contributed by atoms with van der Waals surface area (Å²) in [6.07, 6.45) is 0. The van der Waals surface area contributed by atoms with Crippen LogP contribution in [0.3, 0.4) is 0 Å². The lowest BCUT2D eigenvalue weighted by Gasteiger charge is -2.28. The van der Waals surface area contributed by atoms with Crippen molar-refractivity contribution in [3.8, 4) is 0 Å². The van der Waals surface area contributed by atoms with Gasteiger partial charge in [-0.2, -0.15) is 0 Å². The molecule has 0 bridgehead atoms. The third kappa shape index (κ3) is 4.26. The molecule has 0 spiro atoms. The van der Waals surface area contributed by atoms with Gasteiger partial charge in [-0.15, -0.1) is 0 Å². The second-order valence-electron chi connectivity index (χ2n) is 6.17. The van der Waals surface area contributed by atoms with E-state index >= 15 is 0 Å². The van der Waals surface area contributed by atoms with Crippen molar-refractivity contribution in [2.45, 2.75) is 0 Å². The van der Waals surface area contributed by atoms with Crippen molar-refractivity contribution in [1.82, 2.24) is 5.32 Å². The van der Waals surface area contributed by atoms with Crippen LogP contribution in [0, 0.1) is 10.1 Å². The lowest BCUT2D eigenvalue weighted by Crippen LogP contribution is -2.36. The molecule has 9 nitrogen and oxygen atoms in total. The van der Waals surface area contributed by atoms with Crippen LogP contribution in [0.15, 0.2) is 42.5 Å². The molecule has 0 saturated carbocycles. The Morgan fingerprint density at radius 2 is 1.79 bits per heavy atom. The summed E-state index contributed by atoms with van der Waals surface area (Å²) < 4.78 is 5.28. The molecular weight excluding hydrogens is 364 g/mol. The first-order valence-corrected chi connectivity index (χ1v) is 8.74. The van der Waals surface area contributed by atoms with Crippen LogP contribution in [-0.2, 0) is 4.74 Å². The van der Waals surface area contributed by atoms with Crippen LogP contribution in [0.5, 0.6) is 0 Å². The van der Waals surface area contributed by atoms with Crippen LogP contribution in [0.1, 0.15) is 20.7 Å². The van der Waals surface area contributed by atoms with Crippen LogP contribution in [-0.4, -0.2) is 50.1 Å². The Labute approximate surface area is 161 Å². The van der Waals surface area contributed by atoms with E-state index < -0.39 is 10.8 Å². The SMILES string of the molecule is CNC(=O)c1cccc(NC(=O)c2ccc(N3CCOCC3)c([N+](=O)[O-])c2)c1. The first kappa shape index (κ1) is 19.3. The Hall–Kier alpha value is -3.46. The van der Waals surface area contributed by atoms with Gasteiger partial charge in [0.1, 0.15) is 5.69 Å². The van der Waals surface area contributed by atoms with Crippen LogP contribution >= 0.6 is 0 Å². The fourth-order valence-corrected chi connectivity index (χ4v) is 2.97. The Kier molecular flexibility index (Phi) is 5.85. The lowest BCUT2D eigenvalue weighted by molar-refractivity contribution is -0.384. The van der Waals surface area contributed by atoms with Gasteiger partial charge in [0.2, 0.25) is 0 Å². The van der Waals surface area contributed by atoms with Crippen molar-refractivity contribution in [2.24, 2.45) is 0 Å². The van der Waals surface area contributed by atoms with Gasteiger partial charge in [0.25, 0.3) is 17.5 Å². The Morgan fingerprint density at radius 3 is 2.46 bits per heavy atom. The third-order valence-corrected chi connectivity index (χ3v) is 4.40. The molecule has 0 radical (unpaired) electrons. The number of hydrogen-bond donors (Lipinski definition) is 2. The van der Waals surface area contributed by atoms with E-state index in [1.807, 2.05) is 4.90 Å². The van der Waals surface area contributed by atoms with Gasteiger partial charge in [0, 0.05) is 43.0 Å². The summed E-state index contributed by atoms with van der Waals surface area (Å²) in [5, 5.41) is 16.7. The van der Waals surface area contributed by atoms with Gasteiger partial charge in [-0.25, -0.2) is 0 Å². The number of carbonyl (C=O) groups is 2. The molecule has 28 heavy (non-hydrogen) atoms. The van der Waals surface area contributed by atoms with Gasteiger partial charge < -0.3 is 20.3 Å². The van der Waals surface area contributed by atoms with Crippen molar-refractivity contribution in [2.75, 3.05) is 43.6 Å². The minimum absolute atomic E-state index is 0.131. The molecule has 9 heteroatoms. The largest absolute Gasteiger partial charge is 0.378 e. The number of ether oxygens (including phenoxy) is 1. The standard InChI is InChI=1S/C19H20N4O5/c1-20-18(24)13-3-2-4-15(11-13)21-19(25)14-5-6-16(17(12-14)23(26)27)22-7-9-28-10-8-22/h2-6,11-12H,7-10H2,1H3,(H,20,24)(H,21,25). The Morgan fingerprint density at radius 1 is 1.07 bits per heavy atom. The highest BCUT2D eigenvalue weighted by Crippen LogP contribution is 2.30. The van der Waals surface area contributed by atoms with Gasteiger partial charge in [-0.05, 0) is 30.3 Å². The summed E-state index contributed by atoms with van der Waals surface area (Å²) in [4.78, 5) is 37.2. The number of nitro groups is 1. The van der Waals surface area contributed by atoms with E-state index in [9.17, 15) is 19.7 Å². The van der Waals surface area contributed by atoms with E-state index in [1.165, 1.54) is 19.2 Å². The molecule has 0 atom stereocenters. The van der Waals surface area contributed by atoms with E-state index in [-0.39, 0.29) is 17.2 Å². The maximum Gasteiger partial charge on any atom is 0.293 e. The molecule has 0 aliphatic carbocycles. The fourth-order valence-electron chi connectivity index (χ4n) is 2.97. The number of morpholine rings is 1. The van der Waals surface area contributed by atoms with Crippen molar-refractivity contribution >= 4 is 28.9 Å². The molecule has 3 rings (SSSR count). The highest BCUT2D eigenvalue weighted by molar-refractivity contribution is 6.06. The number of nitrogens with one attached hydrogen (secondary N) is 2. The number of rotatable bonds is 5. The minimum Gasteiger partial charge on any atom is -0.378 e. The van der Waals surface area contributed by atoms with Gasteiger partial charge in [-0.3, -0.25) is 19.7 Å². The van der Waals surface area contributed by atoms with E-state index in [0.29, 0.717) is 43.2 Å². The molecule has 1 aliphatic heterocycles. The average Bonchev–Trinajstić information content (AvgIpc) is 2.73. The van der Waals surface area contributed by atoms with E-state index in [4.69, 9.17) is 4.74 Å². The van der Waals surface area contributed by atoms with E-state index in [1.54, 1.807) is 30.3 Å². The fraction of sp³-hybridized carbons (Fsp3) is 0.263. The van der Waals surface area contributed by atoms with E-state index in [2.05, 4.69) is 10.6 Å². The maximum atomic E-state index is 12.6. The lowest BCUT2D eigenvalue weighted by atomic mass is 10.1. The topological polar surface area (TPSA) is 114 Å². The number of benzene rings is 2. The van der Waals surface area contributed by atoms with Crippen molar-refractivity contribution in [3.05, 3.63) is 63.7 Å². The first-order valence-electron chi connectivity index (χ1n) is 8.74. The third-order valence-electron chi connectivity index (χ3n) is 4.40. The zero-order chi connectivity index (χ0) is 20.1. The second kappa shape index (κ2) is 8.49. The quantitative estimate of drug-likeness (QED) is 0.602. The zero-order valence-electron chi connectivity index (χ0n) is 15.3. The highest BCUT2D eigenvalue weighted by atomic mass is 16.6. The highest BCUT2D eigenvalue weighted by Gasteiger charge is 2.23. The number of amides is 2. The normalized spacial score (nSPS) is 13.7. The summed E-state index contributed by atoms with van der Waals surface area (Å²) >= 11 is 0. The predicted molar refractivity (Wildman–Crippen MR) is 104 cm³/mol. The molecule has 2 N–H and O–H groups in total. The number of nitro benzene ring substituents is 1. The van der Waals surface area contributed by atoms with E-state index in [0.717, 1.165) is 0 Å². The predicted octanol–water partition coefficient (Wildman–Crippen LogP) is 2.04. The second-order valence-corrected chi connectivity index (χ2v) is 6.17. The van der Waals surface area contributed by atoms with Gasteiger partial charge >= 0.3 is 0 Å². The number of hydrogen-bond acceptors (Lipinski definition) is 6. The smallest absolute Gasteiger partial charge is 0.293 e. The minimum atomic E-state index is -0.495. The molecule has 1 aliphatic rings. The van der Waals surface area contributed by atoms with Crippen LogP contribution in [0.2, 0.25) is 0 Å². The van der Waals surface area contributed by atoms with Crippen molar-refractivity contribution in [3.63, 3.8) is 0 Å². The monoisotopic (exact) mass is 384 g/mol. The van der Waals surface area contributed by atoms with Crippen LogP contribution in [0.4, 0.5) is 17.1 Å². The van der Waals surface area contributed by atoms with Gasteiger partial charge in [0.15, 0.2) is 0 Å². The molecule has 1 saturated heterocycles. The van der Waals surface area contributed by atoms with Crippen molar-refractivity contribution in [1.29, 1.82) is 0 Å². The summed E-state index contributed by atoms with van der Waals surface area (Å²) in [6.45, 7) is 2.11. The van der Waals surface area contributed by atoms with Gasteiger partial charge in [0.05, 0.1) is 18.1 Å². The zero-order valence-corrected chi connectivity index (χ0v) is 15.3. The molecule has 1 fully saturated rings. The number of carbonyl (C=O) groups excluding carboxylic acids is 2. The first-order chi connectivity index (χ1) is 13.5.